The van der Waals surface area contributed by atoms with Crippen LogP contribution in [0.4, 0.5) is 0 Å². The fourth-order valence-corrected chi connectivity index (χ4v) is 2.34. The van der Waals surface area contributed by atoms with E-state index in [4.69, 9.17) is 9.47 Å². The number of ether oxygens (including phenoxy) is 2. The largest absolute Gasteiger partial charge is 0.382 e. The zero-order valence-corrected chi connectivity index (χ0v) is 10.9. The van der Waals surface area contributed by atoms with Crippen LogP contribution in [0, 0.1) is 5.41 Å². The van der Waals surface area contributed by atoms with Gasteiger partial charge in [0.1, 0.15) is 0 Å². The molecule has 0 aromatic carbocycles. The predicted molar refractivity (Wildman–Crippen MR) is 66.8 cm³/mol. The van der Waals surface area contributed by atoms with Gasteiger partial charge in [-0.2, -0.15) is 0 Å². The molecule has 0 unspecified atom stereocenters. The highest BCUT2D eigenvalue weighted by atomic mass is 16.5. The molecule has 1 aliphatic rings. The molecule has 0 saturated heterocycles. The van der Waals surface area contributed by atoms with Crippen molar-refractivity contribution in [2.75, 3.05) is 40.0 Å². The average molecular weight is 229 g/mol. The highest BCUT2D eigenvalue weighted by Gasteiger charge is 2.27. The van der Waals surface area contributed by atoms with Crippen LogP contribution in [0.15, 0.2) is 0 Å². The van der Waals surface area contributed by atoms with Crippen molar-refractivity contribution in [2.45, 2.75) is 39.0 Å². The molecule has 96 valence electrons. The summed E-state index contributed by atoms with van der Waals surface area (Å²) in [4.78, 5) is 0. The monoisotopic (exact) mass is 229 g/mol. The summed E-state index contributed by atoms with van der Waals surface area (Å²) >= 11 is 0. The third-order valence-corrected chi connectivity index (χ3v) is 3.44. The lowest BCUT2D eigenvalue weighted by Gasteiger charge is -2.23. The molecule has 0 heterocycles. The lowest BCUT2D eigenvalue weighted by Crippen LogP contribution is -2.30. The van der Waals surface area contributed by atoms with Crippen LogP contribution < -0.4 is 5.32 Å². The summed E-state index contributed by atoms with van der Waals surface area (Å²) in [6, 6.07) is 0. The second-order valence-electron chi connectivity index (χ2n) is 5.15. The normalized spacial score (nSPS) is 19.1. The fourth-order valence-electron chi connectivity index (χ4n) is 2.34. The zero-order valence-electron chi connectivity index (χ0n) is 10.9. The first-order valence-electron chi connectivity index (χ1n) is 6.54. The van der Waals surface area contributed by atoms with Crippen molar-refractivity contribution in [3.05, 3.63) is 0 Å². The molecule has 0 spiro atoms. The van der Waals surface area contributed by atoms with Crippen molar-refractivity contribution < 1.29 is 9.47 Å². The fraction of sp³-hybridized carbons (Fsp3) is 1.00. The van der Waals surface area contributed by atoms with Gasteiger partial charge in [0.25, 0.3) is 0 Å². The molecule has 0 radical (unpaired) electrons. The van der Waals surface area contributed by atoms with Gasteiger partial charge in [0.05, 0.1) is 13.2 Å². The van der Waals surface area contributed by atoms with Gasteiger partial charge in [0, 0.05) is 20.3 Å². The third-order valence-electron chi connectivity index (χ3n) is 3.44. The molecule has 1 aliphatic carbocycles. The van der Waals surface area contributed by atoms with Crippen LogP contribution in [0.3, 0.4) is 0 Å². The standard InChI is InChI=1S/C13H27NO2/c1-13(6-3-4-7-13)12-14-8-5-9-16-11-10-15-2/h14H,3-12H2,1-2H3. The first-order chi connectivity index (χ1) is 7.77. The summed E-state index contributed by atoms with van der Waals surface area (Å²) in [6.07, 6.45) is 6.71. The van der Waals surface area contributed by atoms with Crippen LogP contribution in [0.2, 0.25) is 0 Å². The maximum absolute atomic E-state index is 5.41. The van der Waals surface area contributed by atoms with E-state index in [0.717, 1.165) is 19.6 Å². The molecule has 1 saturated carbocycles. The molecule has 0 aliphatic heterocycles. The van der Waals surface area contributed by atoms with E-state index in [2.05, 4.69) is 12.2 Å². The van der Waals surface area contributed by atoms with Crippen molar-refractivity contribution in [3.63, 3.8) is 0 Å². The van der Waals surface area contributed by atoms with Gasteiger partial charge in [0.15, 0.2) is 0 Å². The van der Waals surface area contributed by atoms with E-state index >= 15 is 0 Å². The Kier molecular flexibility index (Phi) is 7.01. The van der Waals surface area contributed by atoms with Crippen LogP contribution in [-0.4, -0.2) is 40.0 Å². The summed E-state index contributed by atoms with van der Waals surface area (Å²) < 4.78 is 10.3. The van der Waals surface area contributed by atoms with E-state index in [1.807, 2.05) is 0 Å². The molecular weight excluding hydrogens is 202 g/mol. The molecule has 0 amide bonds. The van der Waals surface area contributed by atoms with Crippen molar-refractivity contribution in [3.8, 4) is 0 Å². The Balaban J connectivity index is 1.84. The molecule has 0 aromatic rings. The van der Waals surface area contributed by atoms with Gasteiger partial charge in [-0.3, -0.25) is 0 Å². The molecule has 1 N–H and O–H groups in total. The molecule has 0 aromatic heterocycles. The number of nitrogens with one attached hydrogen (secondary N) is 1. The third kappa shape index (κ3) is 5.83. The van der Waals surface area contributed by atoms with E-state index < -0.39 is 0 Å². The molecule has 1 rings (SSSR count). The van der Waals surface area contributed by atoms with Gasteiger partial charge in [-0.25, -0.2) is 0 Å². The van der Waals surface area contributed by atoms with Gasteiger partial charge in [-0.05, 0) is 31.2 Å². The van der Waals surface area contributed by atoms with Gasteiger partial charge >= 0.3 is 0 Å². The number of hydrogen-bond donors (Lipinski definition) is 1. The molecule has 3 nitrogen and oxygen atoms in total. The van der Waals surface area contributed by atoms with Crippen molar-refractivity contribution >= 4 is 0 Å². The van der Waals surface area contributed by atoms with E-state index in [9.17, 15) is 0 Å². The number of methoxy groups -OCH3 is 1. The first-order valence-corrected chi connectivity index (χ1v) is 6.54. The second kappa shape index (κ2) is 8.04. The lowest BCUT2D eigenvalue weighted by molar-refractivity contribution is 0.0692. The van der Waals surface area contributed by atoms with Crippen molar-refractivity contribution in [1.29, 1.82) is 0 Å². The van der Waals surface area contributed by atoms with Crippen molar-refractivity contribution in [2.24, 2.45) is 5.41 Å². The minimum atomic E-state index is 0.566. The maximum atomic E-state index is 5.41. The summed E-state index contributed by atoms with van der Waals surface area (Å²) in [5.74, 6) is 0. The predicted octanol–water partition coefficient (Wildman–Crippen LogP) is 2.21. The maximum Gasteiger partial charge on any atom is 0.0700 e. The minimum Gasteiger partial charge on any atom is -0.382 e. The smallest absolute Gasteiger partial charge is 0.0700 e. The SMILES string of the molecule is COCCOCCCNCC1(C)CCCC1. The average Bonchev–Trinajstić information content (AvgIpc) is 2.70. The highest BCUT2D eigenvalue weighted by Crippen LogP contribution is 2.36. The topological polar surface area (TPSA) is 30.5 Å². The number of rotatable bonds is 9. The van der Waals surface area contributed by atoms with Gasteiger partial charge in [0.2, 0.25) is 0 Å². The Morgan fingerprint density at radius 2 is 1.88 bits per heavy atom. The summed E-state index contributed by atoms with van der Waals surface area (Å²) in [5, 5.41) is 3.55. The van der Waals surface area contributed by atoms with Crippen LogP contribution in [0.5, 0.6) is 0 Å². The minimum absolute atomic E-state index is 0.566. The van der Waals surface area contributed by atoms with E-state index in [-0.39, 0.29) is 0 Å². The molecule has 3 heteroatoms. The molecule has 0 bridgehead atoms. The van der Waals surface area contributed by atoms with E-state index in [1.165, 1.54) is 32.2 Å². The van der Waals surface area contributed by atoms with E-state index in [0.29, 0.717) is 18.6 Å². The number of hydrogen-bond acceptors (Lipinski definition) is 3. The summed E-state index contributed by atoms with van der Waals surface area (Å²) in [7, 11) is 1.70. The summed E-state index contributed by atoms with van der Waals surface area (Å²) in [6.45, 7) is 6.91. The molecule has 1 fully saturated rings. The molecule has 16 heavy (non-hydrogen) atoms. The van der Waals surface area contributed by atoms with Crippen LogP contribution in [0.25, 0.3) is 0 Å². The quantitative estimate of drug-likeness (QED) is 0.615. The molecule has 0 atom stereocenters. The molecular formula is C13H27NO2. The van der Waals surface area contributed by atoms with Gasteiger partial charge in [-0.15, -0.1) is 0 Å². The Morgan fingerprint density at radius 1 is 1.12 bits per heavy atom. The first kappa shape index (κ1) is 13.9. The lowest BCUT2D eigenvalue weighted by atomic mass is 9.89. The van der Waals surface area contributed by atoms with Crippen LogP contribution in [-0.2, 0) is 9.47 Å². The Morgan fingerprint density at radius 3 is 2.56 bits per heavy atom. The van der Waals surface area contributed by atoms with Crippen LogP contribution in [0.1, 0.15) is 39.0 Å². The van der Waals surface area contributed by atoms with Crippen LogP contribution >= 0.6 is 0 Å². The van der Waals surface area contributed by atoms with E-state index in [1.54, 1.807) is 7.11 Å². The van der Waals surface area contributed by atoms with Crippen molar-refractivity contribution in [1.82, 2.24) is 5.32 Å². The second-order valence-corrected chi connectivity index (χ2v) is 5.15. The Labute approximate surface area is 99.9 Å². The Bertz CT molecular complexity index is 167. The Hall–Kier alpha value is -0.120. The summed E-state index contributed by atoms with van der Waals surface area (Å²) in [5.41, 5.74) is 0.566. The van der Waals surface area contributed by atoms with Gasteiger partial charge < -0.3 is 14.8 Å². The highest BCUT2D eigenvalue weighted by molar-refractivity contribution is 4.82. The zero-order chi connectivity index (χ0) is 11.7. The van der Waals surface area contributed by atoms with Gasteiger partial charge in [-0.1, -0.05) is 19.8 Å².